The van der Waals surface area contributed by atoms with E-state index in [1.807, 2.05) is 26.0 Å². The molecule has 153 valence electrons. The van der Waals surface area contributed by atoms with Crippen LogP contribution < -0.4 is 0 Å². The highest BCUT2D eigenvalue weighted by Gasteiger charge is 2.22. The SMILES string of the molecule is [CH2]CN1CCC(c2ccc3[nH]c(-c4cc(C)nc(C)c4)c(CC(F)F)c3c2)CC1. The van der Waals surface area contributed by atoms with Gasteiger partial charge in [0.2, 0.25) is 6.43 Å². The first-order valence-electron chi connectivity index (χ1n) is 10.3. The number of halogens is 2. The van der Waals surface area contributed by atoms with Crippen molar-refractivity contribution >= 4 is 10.9 Å². The molecule has 4 rings (SSSR count). The number of alkyl halides is 2. The number of hydrogen-bond acceptors (Lipinski definition) is 2. The van der Waals surface area contributed by atoms with Gasteiger partial charge in [0.25, 0.3) is 0 Å². The fourth-order valence-electron chi connectivity index (χ4n) is 4.60. The molecule has 0 aliphatic carbocycles. The van der Waals surface area contributed by atoms with E-state index < -0.39 is 6.43 Å². The van der Waals surface area contributed by atoms with Gasteiger partial charge in [-0.05, 0) is 94.6 Å². The Morgan fingerprint density at radius 1 is 1.14 bits per heavy atom. The maximum atomic E-state index is 13.5. The summed E-state index contributed by atoms with van der Waals surface area (Å²) in [6, 6.07) is 10.3. The van der Waals surface area contributed by atoms with E-state index in [1.165, 1.54) is 5.56 Å². The maximum Gasteiger partial charge on any atom is 0.242 e. The molecule has 1 aliphatic heterocycles. The highest BCUT2D eigenvalue weighted by Crippen LogP contribution is 2.36. The molecule has 1 N–H and O–H groups in total. The predicted molar refractivity (Wildman–Crippen MR) is 114 cm³/mol. The Hall–Kier alpha value is -2.27. The van der Waals surface area contributed by atoms with Crippen LogP contribution in [0, 0.1) is 20.8 Å². The number of aromatic nitrogens is 2. The average molecular weight is 397 g/mol. The number of likely N-dealkylation sites (tertiary alicyclic amines) is 1. The number of hydrogen-bond donors (Lipinski definition) is 1. The molecule has 0 atom stereocenters. The van der Waals surface area contributed by atoms with Crippen molar-refractivity contribution in [1.82, 2.24) is 14.9 Å². The summed E-state index contributed by atoms with van der Waals surface area (Å²) >= 11 is 0. The second-order valence-electron chi connectivity index (χ2n) is 8.13. The summed E-state index contributed by atoms with van der Waals surface area (Å²) in [5, 5.41) is 0.921. The van der Waals surface area contributed by atoms with Crippen LogP contribution in [0.1, 0.15) is 41.3 Å². The van der Waals surface area contributed by atoms with E-state index in [1.54, 1.807) is 0 Å². The van der Waals surface area contributed by atoms with Gasteiger partial charge in [0.05, 0.1) is 5.69 Å². The van der Waals surface area contributed by atoms with Crippen LogP contribution in [0.15, 0.2) is 30.3 Å². The lowest BCUT2D eigenvalue weighted by Crippen LogP contribution is -2.32. The fourth-order valence-corrected chi connectivity index (χ4v) is 4.60. The van der Waals surface area contributed by atoms with Gasteiger partial charge in [-0.25, -0.2) is 8.78 Å². The molecule has 5 heteroatoms. The normalized spacial score (nSPS) is 16.2. The van der Waals surface area contributed by atoms with Crippen molar-refractivity contribution in [1.29, 1.82) is 0 Å². The van der Waals surface area contributed by atoms with E-state index in [-0.39, 0.29) is 6.42 Å². The van der Waals surface area contributed by atoms with Crippen LogP contribution in [0.2, 0.25) is 0 Å². The van der Waals surface area contributed by atoms with Crippen LogP contribution in [0.3, 0.4) is 0 Å². The summed E-state index contributed by atoms with van der Waals surface area (Å²) in [6.07, 6.45) is -0.462. The summed E-state index contributed by atoms with van der Waals surface area (Å²) < 4.78 is 27.0. The first-order valence-corrected chi connectivity index (χ1v) is 10.3. The van der Waals surface area contributed by atoms with Gasteiger partial charge in [0.1, 0.15) is 0 Å². The van der Waals surface area contributed by atoms with Crippen molar-refractivity contribution in [2.24, 2.45) is 0 Å². The number of benzene rings is 1. The lowest BCUT2D eigenvalue weighted by Gasteiger charge is -2.31. The van der Waals surface area contributed by atoms with Crippen molar-refractivity contribution in [2.75, 3.05) is 19.6 Å². The molecule has 1 fully saturated rings. The Labute approximate surface area is 171 Å². The molecule has 0 amide bonds. The molecule has 29 heavy (non-hydrogen) atoms. The van der Waals surface area contributed by atoms with Gasteiger partial charge in [0.15, 0.2) is 0 Å². The molecule has 3 heterocycles. The third-order valence-electron chi connectivity index (χ3n) is 6.03. The average Bonchev–Trinajstić information content (AvgIpc) is 3.04. The van der Waals surface area contributed by atoms with Crippen LogP contribution >= 0.6 is 0 Å². The number of piperidine rings is 1. The quantitative estimate of drug-likeness (QED) is 0.603. The van der Waals surface area contributed by atoms with Gasteiger partial charge in [-0.3, -0.25) is 4.98 Å². The molecule has 0 unspecified atom stereocenters. The Kier molecular flexibility index (Phi) is 5.68. The van der Waals surface area contributed by atoms with E-state index >= 15 is 0 Å². The third-order valence-corrected chi connectivity index (χ3v) is 6.03. The highest BCUT2D eigenvalue weighted by atomic mass is 19.3. The summed E-state index contributed by atoms with van der Waals surface area (Å²) in [6.45, 7) is 10.8. The van der Waals surface area contributed by atoms with E-state index in [9.17, 15) is 8.78 Å². The van der Waals surface area contributed by atoms with Crippen LogP contribution in [0.4, 0.5) is 8.78 Å². The molecular weight excluding hydrogens is 368 g/mol. The topological polar surface area (TPSA) is 31.9 Å². The van der Waals surface area contributed by atoms with E-state index in [0.717, 1.165) is 66.0 Å². The van der Waals surface area contributed by atoms with Gasteiger partial charge < -0.3 is 9.88 Å². The number of H-pyrrole nitrogens is 1. The minimum absolute atomic E-state index is 0.251. The minimum Gasteiger partial charge on any atom is -0.354 e. The van der Waals surface area contributed by atoms with Crippen molar-refractivity contribution in [3.05, 3.63) is 59.8 Å². The Bertz CT molecular complexity index is 981. The minimum atomic E-state index is -2.39. The number of rotatable bonds is 5. The largest absolute Gasteiger partial charge is 0.354 e. The zero-order chi connectivity index (χ0) is 20.5. The van der Waals surface area contributed by atoms with Crippen LogP contribution in [0.5, 0.6) is 0 Å². The first kappa shape index (κ1) is 20.0. The van der Waals surface area contributed by atoms with Crippen molar-refractivity contribution in [2.45, 2.75) is 45.5 Å². The zero-order valence-corrected chi connectivity index (χ0v) is 17.1. The number of aryl methyl sites for hydroxylation is 2. The van der Waals surface area contributed by atoms with E-state index in [2.05, 4.69) is 40.0 Å². The molecule has 1 saturated heterocycles. The zero-order valence-electron chi connectivity index (χ0n) is 17.1. The van der Waals surface area contributed by atoms with Gasteiger partial charge in [0, 0.05) is 34.3 Å². The van der Waals surface area contributed by atoms with Gasteiger partial charge in [-0.2, -0.15) is 0 Å². The maximum absolute atomic E-state index is 13.5. The van der Waals surface area contributed by atoms with Gasteiger partial charge >= 0.3 is 0 Å². The molecule has 1 aromatic carbocycles. The summed E-state index contributed by atoms with van der Waals surface area (Å²) in [7, 11) is 0. The molecule has 1 radical (unpaired) electrons. The molecule has 0 saturated carbocycles. The number of nitrogens with zero attached hydrogens (tertiary/aromatic N) is 2. The highest BCUT2D eigenvalue weighted by molar-refractivity contribution is 5.91. The Balaban J connectivity index is 1.77. The van der Waals surface area contributed by atoms with E-state index in [0.29, 0.717) is 11.5 Å². The summed E-state index contributed by atoms with van der Waals surface area (Å²) in [5.74, 6) is 0.477. The standard InChI is InChI=1S/C24H28F2N3/c1-4-29-9-7-17(8-10-29)18-5-6-22-20(13-18)21(14-23(25)26)24(28-22)19-11-15(2)27-16(3)12-19/h5-6,11-13,17,23,28H,1,4,7-10,14H2,2-3H3. The second-order valence-corrected chi connectivity index (χ2v) is 8.13. The molecule has 1 aliphatic rings. The molecule has 0 bridgehead atoms. The predicted octanol–water partition coefficient (Wildman–Crippen LogP) is 5.67. The number of fused-ring (bicyclic) bond motifs is 1. The van der Waals surface area contributed by atoms with Crippen molar-refractivity contribution in [3.8, 4) is 11.3 Å². The smallest absolute Gasteiger partial charge is 0.242 e. The summed E-state index contributed by atoms with van der Waals surface area (Å²) in [4.78, 5) is 10.2. The van der Waals surface area contributed by atoms with E-state index in [4.69, 9.17) is 0 Å². The molecule has 3 nitrogen and oxygen atoms in total. The van der Waals surface area contributed by atoms with Crippen molar-refractivity contribution < 1.29 is 8.78 Å². The number of aromatic amines is 1. The number of pyridine rings is 1. The Morgan fingerprint density at radius 2 is 1.83 bits per heavy atom. The second kappa shape index (κ2) is 8.23. The van der Waals surface area contributed by atoms with Gasteiger partial charge in [-0.1, -0.05) is 6.07 Å². The first-order chi connectivity index (χ1) is 13.9. The molecule has 0 spiro atoms. The monoisotopic (exact) mass is 396 g/mol. The van der Waals surface area contributed by atoms with Crippen LogP contribution in [-0.4, -0.2) is 40.9 Å². The molecule has 3 aromatic rings. The lowest BCUT2D eigenvalue weighted by atomic mass is 9.88. The lowest BCUT2D eigenvalue weighted by molar-refractivity contribution is 0.149. The third kappa shape index (κ3) is 4.20. The fraction of sp³-hybridized carbons (Fsp3) is 0.417. The number of nitrogens with one attached hydrogen (secondary N) is 1. The van der Waals surface area contributed by atoms with Crippen LogP contribution in [0.25, 0.3) is 22.2 Å². The van der Waals surface area contributed by atoms with Crippen LogP contribution in [-0.2, 0) is 6.42 Å². The molecular formula is C24H28F2N3. The Morgan fingerprint density at radius 3 is 2.45 bits per heavy atom. The van der Waals surface area contributed by atoms with Gasteiger partial charge in [-0.15, -0.1) is 0 Å². The van der Waals surface area contributed by atoms with Crippen molar-refractivity contribution in [3.63, 3.8) is 0 Å². The summed E-state index contributed by atoms with van der Waals surface area (Å²) in [5.41, 5.74) is 6.37. The molecule has 2 aromatic heterocycles.